The molecule has 0 aromatic heterocycles. The summed E-state index contributed by atoms with van der Waals surface area (Å²) >= 11 is 0. The van der Waals surface area contributed by atoms with Gasteiger partial charge < -0.3 is 10.1 Å². The van der Waals surface area contributed by atoms with Gasteiger partial charge in [-0.3, -0.25) is 9.69 Å². The predicted octanol–water partition coefficient (Wildman–Crippen LogP) is 0.235. The number of likely N-dealkylation sites (tertiary alicyclic amines) is 1. The van der Waals surface area contributed by atoms with E-state index in [0.717, 1.165) is 13.1 Å². The van der Waals surface area contributed by atoms with Crippen LogP contribution in [0.4, 0.5) is 0 Å². The summed E-state index contributed by atoms with van der Waals surface area (Å²) < 4.78 is 28.6. The first-order valence-electron chi connectivity index (χ1n) is 8.12. The molecule has 2 heterocycles. The van der Waals surface area contributed by atoms with Crippen molar-refractivity contribution in [3.63, 3.8) is 0 Å². The lowest BCUT2D eigenvalue weighted by molar-refractivity contribution is 0.0916. The molecule has 0 unspecified atom stereocenters. The number of primary sulfonamides is 1. The summed E-state index contributed by atoms with van der Waals surface area (Å²) in [5.41, 5.74) is 1.03. The third-order valence-electron chi connectivity index (χ3n) is 4.76. The summed E-state index contributed by atoms with van der Waals surface area (Å²) in [4.78, 5) is 14.9. The monoisotopic (exact) mass is 353 g/mol. The van der Waals surface area contributed by atoms with Crippen LogP contribution >= 0.6 is 0 Å². The zero-order chi connectivity index (χ0) is 17.3. The van der Waals surface area contributed by atoms with Gasteiger partial charge in [-0.05, 0) is 50.6 Å². The molecule has 2 saturated heterocycles. The summed E-state index contributed by atoms with van der Waals surface area (Å²) in [6.07, 6.45) is 2.35. The summed E-state index contributed by atoms with van der Waals surface area (Å²) in [6, 6.07) is 4.43. The fourth-order valence-corrected chi connectivity index (χ4v) is 3.92. The number of ether oxygens (including phenoxy) is 1. The van der Waals surface area contributed by atoms with Gasteiger partial charge in [0.1, 0.15) is 0 Å². The Kier molecular flexibility index (Phi) is 4.91. The van der Waals surface area contributed by atoms with Crippen LogP contribution in [0.25, 0.3) is 0 Å². The van der Waals surface area contributed by atoms with Gasteiger partial charge in [0.15, 0.2) is 0 Å². The van der Waals surface area contributed by atoms with Crippen LogP contribution in [0, 0.1) is 6.92 Å². The third kappa shape index (κ3) is 3.61. The van der Waals surface area contributed by atoms with Crippen molar-refractivity contribution >= 4 is 15.9 Å². The van der Waals surface area contributed by atoms with E-state index in [9.17, 15) is 13.2 Å². The minimum Gasteiger partial charge on any atom is -0.378 e. The minimum atomic E-state index is -3.84. The summed E-state index contributed by atoms with van der Waals surface area (Å²) in [7, 11) is -3.84. The van der Waals surface area contributed by atoms with Crippen LogP contribution in [-0.2, 0) is 14.8 Å². The normalized spacial score (nSPS) is 25.1. The highest BCUT2D eigenvalue weighted by Crippen LogP contribution is 2.20. The molecule has 0 radical (unpaired) electrons. The molecule has 2 aliphatic heterocycles. The Hall–Kier alpha value is -1.48. The Balaban J connectivity index is 1.77. The number of nitrogens with zero attached hydrogens (tertiary/aromatic N) is 1. The van der Waals surface area contributed by atoms with Gasteiger partial charge in [-0.1, -0.05) is 6.07 Å². The van der Waals surface area contributed by atoms with Crippen LogP contribution in [0.1, 0.15) is 28.8 Å². The van der Waals surface area contributed by atoms with Gasteiger partial charge in [-0.15, -0.1) is 0 Å². The molecule has 1 amide bonds. The quantitative estimate of drug-likeness (QED) is 0.807. The lowest BCUT2D eigenvalue weighted by atomic mass is 10.1. The van der Waals surface area contributed by atoms with E-state index in [1.54, 1.807) is 13.0 Å². The molecule has 0 spiro atoms. The van der Waals surface area contributed by atoms with E-state index in [2.05, 4.69) is 10.2 Å². The number of nitrogens with two attached hydrogens (primary N) is 1. The Morgan fingerprint density at radius 3 is 2.67 bits per heavy atom. The van der Waals surface area contributed by atoms with Gasteiger partial charge in [-0.25, -0.2) is 13.6 Å². The predicted molar refractivity (Wildman–Crippen MR) is 89.2 cm³/mol. The van der Waals surface area contributed by atoms with E-state index in [1.165, 1.54) is 25.0 Å². The van der Waals surface area contributed by atoms with Crippen molar-refractivity contribution in [2.45, 2.75) is 36.7 Å². The summed E-state index contributed by atoms with van der Waals surface area (Å²) in [6.45, 7) is 4.91. The lowest BCUT2D eigenvalue weighted by Crippen LogP contribution is -2.50. The van der Waals surface area contributed by atoms with Crippen molar-refractivity contribution in [1.82, 2.24) is 10.2 Å². The second kappa shape index (κ2) is 6.79. The Morgan fingerprint density at radius 1 is 1.29 bits per heavy atom. The molecule has 2 fully saturated rings. The fourth-order valence-electron chi connectivity index (χ4n) is 3.38. The molecule has 24 heavy (non-hydrogen) atoms. The maximum absolute atomic E-state index is 12.6. The molecule has 132 valence electrons. The molecule has 1 aromatic carbocycles. The first-order chi connectivity index (χ1) is 11.4. The second-order valence-corrected chi connectivity index (χ2v) is 8.01. The average molecular weight is 353 g/mol. The highest BCUT2D eigenvalue weighted by Gasteiger charge is 2.35. The van der Waals surface area contributed by atoms with E-state index in [-0.39, 0.29) is 22.9 Å². The number of nitrogens with one attached hydrogen (secondary N) is 1. The average Bonchev–Trinajstić information content (AvgIpc) is 3.16. The molecule has 0 bridgehead atoms. The molecular weight excluding hydrogens is 330 g/mol. The van der Waals surface area contributed by atoms with E-state index in [1.807, 2.05) is 0 Å². The van der Waals surface area contributed by atoms with Crippen molar-refractivity contribution in [1.29, 1.82) is 0 Å². The smallest absolute Gasteiger partial charge is 0.251 e. The van der Waals surface area contributed by atoms with Crippen molar-refractivity contribution in [2.75, 3.05) is 26.3 Å². The van der Waals surface area contributed by atoms with Crippen LogP contribution < -0.4 is 10.5 Å². The van der Waals surface area contributed by atoms with Crippen LogP contribution in [0.5, 0.6) is 0 Å². The molecule has 2 atom stereocenters. The van der Waals surface area contributed by atoms with Gasteiger partial charge in [0.05, 0.1) is 30.2 Å². The Labute approximate surface area is 142 Å². The molecule has 0 aliphatic carbocycles. The number of hydrogen-bond acceptors (Lipinski definition) is 5. The van der Waals surface area contributed by atoms with Crippen molar-refractivity contribution in [3.05, 3.63) is 29.3 Å². The van der Waals surface area contributed by atoms with E-state index >= 15 is 0 Å². The number of carbonyl (C=O) groups is 1. The SMILES string of the molecule is Cc1ccc(S(N)(=O)=O)cc1C(=O)N[C@@H]1COC[C@H]1N1CCCC1. The molecule has 2 aliphatic rings. The first kappa shape index (κ1) is 17.3. The zero-order valence-electron chi connectivity index (χ0n) is 13.7. The summed E-state index contributed by atoms with van der Waals surface area (Å²) in [5, 5.41) is 8.16. The van der Waals surface area contributed by atoms with Crippen molar-refractivity contribution in [3.8, 4) is 0 Å². The highest BCUT2D eigenvalue weighted by molar-refractivity contribution is 7.89. The van der Waals surface area contributed by atoms with Gasteiger partial charge in [-0.2, -0.15) is 0 Å². The van der Waals surface area contributed by atoms with Gasteiger partial charge in [0, 0.05) is 5.56 Å². The van der Waals surface area contributed by atoms with E-state index in [4.69, 9.17) is 9.88 Å². The minimum absolute atomic E-state index is 0.0583. The Bertz CT molecular complexity index is 729. The van der Waals surface area contributed by atoms with Crippen molar-refractivity contribution in [2.24, 2.45) is 5.14 Å². The van der Waals surface area contributed by atoms with Gasteiger partial charge in [0.25, 0.3) is 5.91 Å². The first-order valence-corrected chi connectivity index (χ1v) is 9.67. The molecule has 8 heteroatoms. The maximum Gasteiger partial charge on any atom is 0.251 e. The maximum atomic E-state index is 12.6. The lowest BCUT2D eigenvalue weighted by Gasteiger charge is -2.28. The summed E-state index contributed by atoms with van der Waals surface area (Å²) in [5.74, 6) is -0.294. The van der Waals surface area contributed by atoms with Crippen LogP contribution in [0.2, 0.25) is 0 Å². The highest BCUT2D eigenvalue weighted by atomic mass is 32.2. The van der Waals surface area contributed by atoms with Crippen LogP contribution in [0.3, 0.4) is 0 Å². The Morgan fingerprint density at radius 2 is 2.00 bits per heavy atom. The number of benzene rings is 1. The molecular formula is C16H23N3O4S. The van der Waals surface area contributed by atoms with Crippen LogP contribution in [0.15, 0.2) is 23.1 Å². The van der Waals surface area contributed by atoms with E-state index < -0.39 is 10.0 Å². The molecule has 3 N–H and O–H groups in total. The zero-order valence-corrected chi connectivity index (χ0v) is 14.5. The number of sulfonamides is 1. The topological polar surface area (TPSA) is 102 Å². The number of rotatable bonds is 4. The van der Waals surface area contributed by atoms with Gasteiger partial charge in [0.2, 0.25) is 10.0 Å². The second-order valence-electron chi connectivity index (χ2n) is 6.45. The fraction of sp³-hybridized carbons (Fsp3) is 0.562. The molecule has 3 rings (SSSR count). The number of hydrogen-bond donors (Lipinski definition) is 2. The van der Waals surface area contributed by atoms with Gasteiger partial charge >= 0.3 is 0 Å². The molecule has 0 saturated carbocycles. The molecule has 1 aromatic rings. The van der Waals surface area contributed by atoms with Crippen LogP contribution in [-0.4, -0.2) is 57.6 Å². The number of aryl methyl sites for hydroxylation is 1. The van der Waals surface area contributed by atoms with Crippen molar-refractivity contribution < 1.29 is 17.9 Å². The molecule has 7 nitrogen and oxygen atoms in total. The standard InChI is InChI=1S/C16H23N3O4S/c1-11-4-5-12(24(17,21)22)8-13(11)16(20)18-14-9-23-10-15(14)19-6-2-3-7-19/h4-5,8,14-15H,2-3,6-7,9-10H2,1H3,(H,18,20)(H2,17,21,22)/t14-,15-/m1/s1. The number of carbonyl (C=O) groups excluding carboxylic acids is 1. The van der Waals surface area contributed by atoms with E-state index in [0.29, 0.717) is 24.3 Å². The number of amides is 1. The largest absolute Gasteiger partial charge is 0.378 e. The third-order valence-corrected chi connectivity index (χ3v) is 5.67.